The van der Waals surface area contributed by atoms with Gasteiger partial charge >= 0.3 is 0 Å². The molecule has 5 heteroatoms. The van der Waals surface area contributed by atoms with Crippen LogP contribution in [0.5, 0.6) is 0 Å². The average molecular weight is 341 g/mol. The van der Waals surface area contributed by atoms with E-state index in [4.69, 9.17) is 10.5 Å². The quantitative estimate of drug-likeness (QED) is 0.810. The predicted molar refractivity (Wildman–Crippen MR) is 95.5 cm³/mol. The minimum Gasteiger partial charge on any atom is -0.375 e. The topological polar surface area (TPSA) is 55.6 Å². The molecular formula is C18H29ClN2O2. The zero-order valence-electron chi connectivity index (χ0n) is 14.2. The first kappa shape index (κ1) is 19.9. The highest BCUT2D eigenvalue weighted by atomic mass is 35.5. The van der Waals surface area contributed by atoms with Crippen molar-refractivity contribution in [3.63, 3.8) is 0 Å². The number of ether oxygens (including phenoxy) is 1. The minimum atomic E-state index is -0.367. The Hall–Kier alpha value is -1.10. The molecular weight excluding hydrogens is 312 g/mol. The van der Waals surface area contributed by atoms with Crippen molar-refractivity contribution in [2.75, 3.05) is 20.2 Å². The summed E-state index contributed by atoms with van der Waals surface area (Å²) in [6.45, 7) is 3.75. The second-order valence-corrected chi connectivity index (χ2v) is 6.60. The second-order valence-electron chi connectivity index (χ2n) is 6.60. The average Bonchev–Trinajstić information content (AvgIpc) is 2.51. The Morgan fingerprint density at radius 3 is 2.70 bits per heavy atom. The van der Waals surface area contributed by atoms with Crippen LogP contribution in [-0.2, 0) is 16.1 Å². The molecule has 1 fully saturated rings. The van der Waals surface area contributed by atoms with Gasteiger partial charge in [0.05, 0.1) is 19.1 Å². The zero-order chi connectivity index (χ0) is 16.0. The van der Waals surface area contributed by atoms with Crippen LogP contribution in [0.4, 0.5) is 0 Å². The maximum Gasteiger partial charge on any atom is 0.227 e. The van der Waals surface area contributed by atoms with Crippen LogP contribution in [0.25, 0.3) is 0 Å². The van der Waals surface area contributed by atoms with Crippen molar-refractivity contribution in [2.45, 2.75) is 44.8 Å². The highest BCUT2D eigenvalue weighted by Crippen LogP contribution is 2.32. The fourth-order valence-corrected chi connectivity index (χ4v) is 3.11. The molecule has 2 atom stereocenters. The fraction of sp³-hybridized carbons (Fsp3) is 0.611. The maximum atomic E-state index is 12.6. The summed E-state index contributed by atoms with van der Waals surface area (Å²) in [6.07, 6.45) is 4.06. The van der Waals surface area contributed by atoms with E-state index in [0.29, 0.717) is 19.8 Å². The normalized spacial score (nSPS) is 23.9. The first-order valence-electron chi connectivity index (χ1n) is 8.16. The lowest BCUT2D eigenvalue weighted by Gasteiger charge is -2.39. The van der Waals surface area contributed by atoms with Crippen LogP contribution < -0.4 is 5.73 Å². The third-order valence-corrected chi connectivity index (χ3v) is 4.61. The Bertz CT molecular complexity index is 479. The molecule has 0 saturated heterocycles. The first-order chi connectivity index (χ1) is 10.5. The molecule has 2 unspecified atom stereocenters. The third-order valence-electron chi connectivity index (χ3n) is 4.61. The summed E-state index contributed by atoms with van der Waals surface area (Å²) < 4.78 is 5.65. The number of nitrogens with two attached hydrogens (primary N) is 1. The fourth-order valence-electron chi connectivity index (χ4n) is 3.11. The maximum absolute atomic E-state index is 12.6. The van der Waals surface area contributed by atoms with Gasteiger partial charge in [-0.1, -0.05) is 43.2 Å². The molecule has 0 aliphatic heterocycles. The molecule has 1 saturated carbocycles. The summed E-state index contributed by atoms with van der Waals surface area (Å²) in [7, 11) is 1.85. The number of nitrogens with zero attached hydrogens (tertiary/aromatic N) is 1. The van der Waals surface area contributed by atoms with E-state index in [0.717, 1.165) is 31.2 Å². The summed E-state index contributed by atoms with van der Waals surface area (Å²) in [4.78, 5) is 14.3. The Morgan fingerprint density at radius 2 is 2.04 bits per heavy atom. The van der Waals surface area contributed by atoms with Crippen molar-refractivity contribution < 1.29 is 9.53 Å². The predicted octanol–water partition coefficient (Wildman–Crippen LogP) is 2.99. The number of rotatable bonds is 6. The van der Waals surface area contributed by atoms with E-state index in [2.05, 4.69) is 0 Å². The van der Waals surface area contributed by atoms with Crippen LogP contribution in [0.1, 0.15) is 38.2 Å². The summed E-state index contributed by atoms with van der Waals surface area (Å²) in [6, 6.07) is 10.1. The van der Waals surface area contributed by atoms with Crippen LogP contribution in [0.2, 0.25) is 0 Å². The van der Waals surface area contributed by atoms with Gasteiger partial charge in [0.15, 0.2) is 0 Å². The lowest BCUT2D eigenvalue weighted by Crippen LogP contribution is -2.53. The Labute approximate surface area is 145 Å². The molecule has 2 rings (SSSR count). The van der Waals surface area contributed by atoms with Gasteiger partial charge in [0.2, 0.25) is 5.91 Å². The Morgan fingerprint density at radius 1 is 1.35 bits per heavy atom. The smallest absolute Gasteiger partial charge is 0.227 e. The second kappa shape index (κ2) is 9.26. The molecule has 4 nitrogen and oxygen atoms in total. The van der Waals surface area contributed by atoms with Gasteiger partial charge in [-0.25, -0.2) is 0 Å². The highest BCUT2D eigenvalue weighted by molar-refractivity contribution is 5.85. The summed E-state index contributed by atoms with van der Waals surface area (Å²) >= 11 is 0. The van der Waals surface area contributed by atoms with Gasteiger partial charge in [0, 0.05) is 19.1 Å². The molecule has 1 amide bonds. The monoisotopic (exact) mass is 340 g/mol. The molecule has 1 aliphatic rings. The van der Waals surface area contributed by atoms with Gasteiger partial charge in [0.25, 0.3) is 0 Å². The zero-order valence-corrected chi connectivity index (χ0v) is 15.0. The van der Waals surface area contributed by atoms with Gasteiger partial charge < -0.3 is 15.4 Å². The van der Waals surface area contributed by atoms with Crippen LogP contribution >= 0.6 is 12.4 Å². The summed E-state index contributed by atoms with van der Waals surface area (Å²) in [5.41, 5.74) is 7.10. The molecule has 130 valence electrons. The van der Waals surface area contributed by atoms with Crippen LogP contribution in [0.3, 0.4) is 0 Å². The van der Waals surface area contributed by atoms with Gasteiger partial charge in [-0.2, -0.15) is 0 Å². The standard InChI is InChI=1S/C18H28N2O2.ClH/c1-18(19)11-7-6-10-16(18)17(21)20(2)12-13-22-14-15-8-4-3-5-9-15;/h3-5,8-9,16H,6-7,10-14,19H2,1-2H3;1H. The number of likely N-dealkylation sites (N-methyl/N-ethyl adjacent to an activating group) is 1. The van der Waals surface area contributed by atoms with Gasteiger partial charge in [-0.15, -0.1) is 12.4 Å². The lowest BCUT2D eigenvalue weighted by atomic mass is 9.74. The summed E-state index contributed by atoms with van der Waals surface area (Å²) in [5.74, 6) is 0.105. The number of amides is 1. The molecule has 2 N–H and O–H groups in total. The largest absolute Gasteiger partial charge is 0.375 e. The molecule has 0 heterocycles. The molecule has 0 radical (unpaired) electrons. The van der Waals surface area contributed by atoms with E-state index in [9.17, 15) is 4.79 Å². The van der Waals surface area contributed by atoms with E-state index in [1.807, 2.05) is 44.3 Å². The van der Waals surface area contributed by atoms with Gasteiger partial charge in [-0.3, -0.25) is 4.79 Å². The number of hydrogen-bond acceptors (Lipinski definition) is 3. The number of benzene rings is 1. The van der Waals surface area contributed by atoms with Crippen LogP contribution in [0.15, 0.2) is 30.3 Å². The van der Waals surface area contributed by atoms with E-state index < -0.39 is 0 Å². The number of hydrogen-bond donors (Lipinski definition) is 1. The Kier molecular flexibility index (Phi) is 8.03. The van der Waals surface area contributed by atoms with Crippen molar-refractivity contribution >= 4 is 18.3 Å². The molecule has 1 aromatic rings. The van der Waals surface area contributed by atoms with Gasteiger partial charge in [0.1, 0.15) is 0 Å². The minimum absolute atomic E-state index is 0. The van der Waals surface area contributed by atoms with Crippen molar-refractivity contribution in [1.29, 1.82) is 0 Å². The van der Waals surface area contributed by atoms with Crippen LogP contribution in [-0.4, -0.2) is 36.5 Å². The SMILES string of the molecule is CN(CCOCc1ccccc1)C(=O)C1CCCCC1(C)N.Cl. The lowest BCUT2D eigenvalue weighted by molar-refractivity contribution is -0.138. The third kappa shape index (κ3) is 5.79. The number of carbonyl (C=O) groups is 1. The van der Waals surface area contributed by atoms with Crippen molar-refractivity contribution in [3.05, 3.63) is 35.9 Å². The summed E-state index contributed by atoms with van der Waals surface area (Å²) in [5, 5.41) is 0. The van der Waals surface area contributed by atoms with E-state index in [-0.39, 0.29) is 29.8 Å². The molecule has 0 spiro atoms. The molecule has 0 bridgehead atoms. The van der Waals surface area contributed by atoms with E-state index >= 15 is 0 Å². The van der Waals surface area contributed by atoms with E-state index in [1.54, 1.807) is 4.90 Å². The Balaban J connectivity index is 0.00000264. The van der Waals surface area contributed by atoms with Crippen molar-refractivity contribution in [1.82, 2.24) is 4.90 Å². The van der Waals surface area contributed by atoms with Crippen LogP contribution in [0, 0.1) is 5.92 Å². The molecule has 23 heavy (non-hydrogen) atoms. The molecule has 1 aliphatic carbocycles. The van der Waals surface area contributed by atoms with Crippen molar-refractivity contribution in [2.24, 2.45) is 11.7 Å². The van der Waals surface area contributed by atoms with E-state index in [1.165, 1.54) is 0 Å². The molecule has 0 aromatic heterocycles. The van der Waals surface area contributed by atoms with Crippen molar-refractivity contribution in [3.8, 4) is 0 Å². The first-order valence-corrected chi connectivity index (χ1v) is 8.16. The number of halogens is 1. The highest BCUT2D eigenvalue weighted by Gasteiger charge is 2.38. The molecule has 1 aromatic carbocycles. The number of carbonyl (C=O) groups excluding carboxylic acids is 1. The van der Waals surface area contributed by atoms with Gasteiger partial charge in [-0.05, 0) is 25.3 Å².